The van der Waals surface area contributed by atoms with E-state index in [1.807, 2.05) is 0 Å². The summed E-state index contributed by atoms with van der Waals surface area (Å²) in [6.07, 6.45) is -5.23. The number of alkyl halides is 3. The van der Waals surface area contributed by atoms with Crippen molar-refractivity contribution in [1.82, 2.24) is 0 Å². The predicted molar refractivity (Wildman–Crippen MR) is 70.6 cm³/mol. The van der Waals surface area contributed by atoms with Gasteiger partial charge >= 0.3 is 12.1 Å². The number of hydrogen-bond donors (Lipinski definition) is 1. The predicted octanol–water partition coefficient (Wildman–Crippen LogP) is 2.51. The summed E-state index contributed by atoms with van der Waals surface area (Å²) in [5.74, 6) is -0.471. The third kappa shape index (κ3) is 3.69. The molecule has 0 fully saturated rings. The summed E-state index contributed by atoms with van der Waals surface area (Å²) in [5, 5.41) is 0.356. The van der Waals surface area contributed by atoms with E-state index in [1.165, 1.54) is 26.2 Å². The first kappa shape index (κ1) is 16.4. The zero-order chi connectivity index (χ0) is 15.5. The maximum Gasteiger partial charge on any atom is 0.390 e. The summed E-state index contributed by atoms with van der Waals surface area (Å²) in [7, 11) is 4.00. The standard InChI is InChI=1S/C11H15F3N2O3S/c1-16(5-4-11(12,13)14)9-7(18-2)6(15)8(20-9)10(17)19-3/h4-5,15H2,1-3H3. The van der Waals surface area contributed by atoms with E-state index in [4.69, 9.17) is 10.5 Å². The SMILES string of the molecule is COC(=O)c1sc(N(C)CCC(F)(F)F)c(OC)c1N. The fourth-order valence-corrected chi connectivity index (χ4v) is 2.60. The molecule has 0 amide bonds. The summed E-state index contributed by atoms with van der Waals surface area (Å²) in [6, 6.07) is 0. The molecule has 0 aliphatic rings. The first-order valence-corrected chi connectivity index (χ1v) is 6.35. The number of ether oxygens (including phenoxy) is 2. The Hall–Kier alpha value is -1.64. The van der Waals surface area contributed by atoms with Gasteiger partial charge in [-0.05, 0) is 0 Å². The van der Waals surface area contributed by atoms with Crippen molar-refractivity contribution in [2.45, 2.75) is 12.6 Å². The van der Waals surface area contributed by atoms with E-state index in [0.29, 0.717) is 5.00 Å². The van der Waals surface area contributed by atoms with Gasteiger partial charge < -0.3 is 20.1 Å². The molecule has 1 heterocycles. The summed E-state index contributed by atoms with van der Waals surface area (Å²) in [5.41, 5.74) is 5.81. The van der Waals surface area contributed by atoms with Crippen molar-refractivity contribution in [3.63, 3.8) is 0 Å². The summed E-state index contributed by atoms with van der Waals surface area (Å²) in [6.45, 7) is -0.263. The molecule has 1 aromatic heterocycles. The van der Waals surface area contributed by atoms with Crippen LogP contribution in [0.5, 0.6) is 5.75 Å². The van der Waals surface area contributed by atoms with E-state index in [-0.39, 0.29) is 22.9 Å². The monoisotopic (exact) mass is 312 g/mol. The largest absolute Gasteiger partial charge is 0.492 e. The molecule has 0 atom stereocenters. The molecule has 0 unspecified atom stereocenters. The highest BCUT2D eigenvalue weighted by Crippen LogP contribution is 2.44. The number of nitrogens with zero attached hydrogens (tertiary/aromatic N) is 1. The fraction of sp³-hybridized carbons (Fsp3) is 0.545. The Labute approximate surface area is 118 Å². The lowest BCUT2D eigenvalue weighted by molar-refractivity contribution is -0.132. The maximum absolute atomic E-state index is 12.2. The van der Waals surface area contributed by atoms with E-state index in [2.05, 4.69) is 4.74 Å². The highest BCUT2D eigenvalue weighted by atomic mass is 32.1. The molecular weight excluding hydrogens is 297 g/mol. The highest BCUT2D eigenvalue weighted by Gasteiger charge is 2.29. The van der Waals surface area contributed by atoms with Crippen molar-refractivity contribution in [3.8, 4) is 5.75 Å². The Balaban J connectivity index is 3.02. The van der Waals surface area contributed by atoms with Gasteiger partial charge in [0.1, 0.15) is 15.6 Å². The van der Waals surface area contributed by atoms with Gasteiger partial charge in [0.25, 0.3) is 0 Å². The highest BCUT2D eigenvalue weighted by molar-refractivity contribution is 7.19. The second-order valence-electron chi connectivity index (χ2n) is 3.96. The number of carbonyl (C=O) groups excluding carboxylic acids is 1. The Bertz CT molecular complexity index is 488. The van der Waals surface area contributed by atoms with Crippen LogP contribution >= 0.6 is 11.3 Å². The topological polar surface area (TPSA) is 64.8 Å². The number of methoxy groups -OCH3 is 2. The van der Waals surface area contributed by atoms with E-state index in [9.17, 15) is 18.0 Å². The molecule has 0 spiro atoms. The molecule has 0 radical (unpaired) electrons. The second kappa shape index (κ2) is 6.21. The van der Waals surface area contributed by atoms with Crippen LogP contribution in [0.4, 0.5) is 23.9 Å². The molecule has 0 saturated carbocycles. The van der Waals surface area contributed by atoms with Gasteiger partial charge in [0.15, 0.2) is 5.75 Å². The van der Waals surface area contributed by atoms with Gasteiger partial charge in [-0.25, -0.2) is 4.79 Å². The lowest BCUT2D eigenvalue weighted by Crippen LogP contribution is -2.23. The average molecular weight is 312 g/mol. The van der Waals surface area contributed by atoms with E-state index < -0.39 is 18.6 Å². The quantitative estimate of drug-likeness (QED) is 0.846. The van der Waals surface area contributed by atoms with Gasteiger partial charge in [0.2, 0.25) is 0 Å². The number of esters is 1. The van der Waals surface area contributed by atoms with Crippen molar-refractivity contribution in [3.05, 3.63) is 4.88 Å². The van der Waals surface area contributed by atoms with Crippen molar-refractivity contribution in [2.75, 3.05) is 38.4 Å². The summed E-state index contributed by atoms with van der Waals surface area (Å²) >= 11 is 0.936. The summed E-state index contributed by atoms with van der Waals surface area (Å²) < 4.78 is 46.3. The zero-order valence-corrected chi connectivity index (χ0v) is 12.0. The van der Waals surface area contributed by atoms with Crippen LogP contribution < -0.4 is 15.4 Å². The second-order valence-corrected chi connectivity index (χ2v) is 4.96. The minimum atomic E-state index is -4.25. The molecule has 0 aliphatic heterocycles. The third-order valence-corrected chi connectivity index (χ3v) is 3.82. The Kier molecular flexibility index (Phi) is 5.09. The first-order valence-electron chi connectivity index (χ1n) is 5.53. The average Bonchev–Trinajstić information content (AvgIpc) is 2.71. The zero-order valence-electron chi connectivity index (χ0n) is 11.2. The first-order chi connectivity index (χ1) is 9.21. The van der Waals surface area contributed by atoms with E-state index in [0.717, 1.165) is 11.3 Å². The molecule has 5 nitrogen and oxygen atoms in total. The van der Waals surface area contributed by atoms with Crippen LogP contribution in [0.2, 0.25) is 0 Å². The number of thiophene rings is 1. The van der Waals surface area contributed by atoms with Crippen LogP contribution in [0.25, 0.3) is 0 Å². The van der Waals surface area contributed by atoms with Crippen LogP contribution in [0, 0.1) is 0 Å². The fourth-order valence-electron chi connectivity index (χ4n) is 1.51. The van der Waals surface area contributed by atoms with Crippen LogP contribution in [0.1, 0.15) is 16.1 Å². The smallest absolute Gasteiger partial charge is 0.390 e. The molecule has 0 aromatic carbocycles. The number of nitrogen functional groups attached to an aromatic ring is 1. The van der Waals surface area contributed by atoms with Gasteiger partial charge in [-0.15, -0.1) is 11.3 Å². The van der Waals surface area contributed by atoms with Gasteiger partial charge in [-0.1, -0.05) is 0 Å². The normalized spacial score (nSPS) is 11.3. The minimum absolute atomic E-state index is 0.0678. The Morgan fingerprint density at radius 1 is 1.40 bits per heavy atom. The molecule has 0 aliphatic carbocycles. The molecule has 0 bridgehead atoms. The number of anilines is 2. The van der Waals surface area contributed by atoms with Crippen LogP contribution in [-0.2, 0) is 4.74 Å². The van der Waals surface area contributed by atoms with Gasteiger partial charge in [-0.2, -0.15) is 13.2 Å². The number of halogens is 3. The van der Waals surface area contributed by atoms with Crippen molar-refractivity contribution >= 4 is 28.0 Å². The molecular formula is C11H15F3N2O3S. The lowest BCUT2D eigenvalue weighted by atomic mass is 10.3. The van der Waals surface area contributed by atoms with Crippen LogP contribution in [-0.4, -0.2) is 40.0 Å². The van der Waals surface area contributed by atoms with Crippen molar-refractivity contribution in [2.24, 2.45) is 0 Å². The van der Waals surface area contributed by atoms with E-state index in [1.54, 1.807) is 0 Å². The third-order valence-electron chi connectivity index (χ3n) is 2.53. The number of nitrogens with two attached hydrogens (primary N) is 1. The minimum Gasteiger partial charge on any atom is -0.492 e. The molecule has 114 valence electrons. The van der Waals surface area contributed by atoms with E-state index >= 15 is 0 Å². The number of hydrogen-bond acceptors (Lipinski definition) is 6. The summed E-state index contributed by atoms with van der Waals surface area (Å²) in [4.78, 5) is 13.0. The van der Waals surface area contributed by atoms with Crippen LogP contribution in [0.3, 0.4) is 0 Å². The maximum atomic E-state index is 12.2. The van der Waals surface area contributed by atoms with Crippen LogP contribution in [0.15, 0.2) is 0 Å². The number of carbonyl (C=O) groups is 1. The molecule has 1 rings (SSSR count). The molecule has 0 saturated heterocycles. The lowest BCUT2D eigenvalue weighted by Gasteiger charge is -2.19. The van der Waals surface area contributed by atoms with Gasteiger partial charge in [0.05, 0.1) is 20.6 Å². The number of rotatable bonds is 5. The Morgan fingerprint density at radius 2 is 2.00 bits per heavy atom. The Morgan fingerprint density at radius 3 is 2.45 bits per heavy atom. The van der Waals surface area contributed by atoms with Crippen molar-refractivity contribution in [1.29, 1.82) is 0 Å². The molecule has 20 heavy (non-hydrogen) atoms. The molecule has 9 heteroatoms. The molecule has 2 N–H and O–H groups in total. The molecule has 1 aromatic rings. The van der Waals surface area contributed by atoms with Crippen molar-refractivity contribution < 1.29 is 27.4 Å². The van der Waals surface area contributed by atoms with Gasteiger partial charge in [-0.3, -0.25) is 0 Å². The van der Waals surface area contributed by atoms with Gasteiger partial charge in [0, 0.05) is 13.6 Å².